The molecular weight excluding hydrogens is 219 g/mol. The molecule has 1 N–H and O–H groups in total. The van der Waals surface area contributed by atoms with Gasteiger partial charge in [0.25, 0.3) is 0 Å². The van der Waals surface area contributed by atoms with Crippen molar-refractivity contribution in [3.63, 3.8) is 0 Å². The molecule has 1 aromatic rings. The molecule has 1 aromatic heterocycles. The van der Waals surface area contributed by atoms with Crippen LogP contribution < -0.4 is 5.32 Å². The monoisotopic (exact) mass is 232 g/mol. The minimum Gasteiger partial charge on any atom is -0.314 e. The number of hydrogen-bond donors (Lipinski definition) is 1. The van der Waals surface area contributed by atoms with Crippen LogP contribution in [0.3, 0.4) is 0 Å². The summed E-state index contributed by atoms with van der Waals surface area (Å²) in [5, 5.41) is 4.09. The van der Waals surface area contributed by atoms with Gasteiger partial charge in [-0.25, -0.2) is 4.98 Å². The highest BCUT2D eigenvalue weighted by Gasteiger charge is 2.16. The van der Waals surface area contributed by atoms with Crippen molar-refractivity contribution in [1.82, 2.24) is 10.3 Å². The third kappa shape index (κ3) is 3.12. The first-order valence-electron chi connectivity index (χ1n) is 4.43. The van der Waals surface area contributed by atoms with Crippen molar-refractivity contribution in [1.29, 1.82) is 0 Å². The predicted octanol–water partition coefficient (Wildman–Crippen LogP) is 2.93. The van der Waals surface area contributed by atoms with E-state index in [1.807, 2.05) is 13.1 Å². The van der Waals surface area contributed by atoms with Crippen LogP contribution in [0.1, 0.15) is 19.4 Å². The van der Waals surface area contributed by atoms with Crippen LogP contribution in [0.2, 0.25) is 10.2 Å². The zero-order valence-corrected chi connectivity index (χ0v) is 10.1. The van der Waals surface area contributed by atoms with Crippen LogP contribution in [-0.2, 0) is 6.42 Å². The Hall–Kier alpha value is -0.310. The molecule has 2 nitrogen and oxygen atoms in total. The summed E-state index contributed by atoms with van der Waals surface area (Å²) in [5.41, 5.74) is 1.12. The Morgan fingerprint density at radius 3 is 2.57 bits per heavy atom. The van der Waals surface area contributed by atoms with Crippen LogP contribution >= 0.6 is 23.2 Å². The van der Waals surface area contributed by atoms with Gasteiger partial charge in [0.05, 0.1) is 5.02 Å². The van der Waals surface area contributed by atoms with Gasteiger partial charge in [-0.15, -0.1) is 0 Å². The van der Waals surface area contributed by atoms with Gasteiger partial charge in [-0.2, -0.15) is 0 Å². The minimum absolute atomic E-state index is 0.0405. The summed E-state index contributed by atoms with van der Waals surface area (Å²) in [6.45, 7) is 4.24. The van der Waals surface area contributed by atoms with E-state index in [1.165, 1.54) is 0 Å². The lowest BCUT2D eigenvalue weighted by atomic mass is 9.96. The normalized spacial score (nSPS) is 11.8. The molecule has 0 bridgehead atoms. The average molecular weight is 233 g/mol. The summed E-state index contributed by atoms with van der Waals surface area (Å²) in [4.78, 5) is 4.00. The van der Waals surface area contributed by atoms with Crippen LogP contribution in [0, 0.1) is 0 Å². The van der Waals surface area contributed by atoms with E-state index in [0.29, 0.717) is 10.2 Å². The van der Waals surface area contributed by atoms with Crippen molar-refractivity contribution in [3.05, 3.63) is 28.0 Å². The topological polar surface area (TPSA) is 24.9 Å². The molecule has 78 valence electrons. The number of likely N-dealkylation sites (N-methyl/N-ethyl adjacent to an activating group) is 1. The molecule has 0 amide bonds. The van der Waals surface area contributed by atoms with E-state index in [9.17, 15) is 0 Å². The molecule has 0 saturated carbocycles. The number of pyridine rings is 1. The van der Waals surface area contributed by atoms with Gasteiger partial charge in [-0.05, 0) is 38.9 Å². The number of aromatic nitrogens is 1. The Bertz CT molecular complexity index is 324. The van der Waals surface area contributed by atoms with Gasteiger partial charge in [0.1, 0.15) is 5.15 Å². The number of hydrogen-bond acceptors (Lipinski definition) is 2. The second kappa shape index (κ2) is 4.47. The first-order chi connectivity index (χ1) is 6.44. The van der Waals surface area contributed by atoms with Gasteiger partial charge in [-0.3, -0.25) is 0 Å². The number of rotatable bonds is 3. The maximum absolute atomic E-state index is 5.87. The SMILES string of the molecule is CNC(C)(C)Cc1cnc(Cl)c(Cl)c1. The van der Waals surface area contributed by atoms with E-state index in [0.717, 1.165) is 12.0 Å². The van der Waals surface area contributed by atoms with Gasteiger partial charge in [0, 0.05) is 11.7 Å². The van der Waals surface area contributed by atoms with Crippen molar-refractivity contribution in [2.24, 2.45) is 0 Å². The Morgan fingerprint density at radius 1 is 1.43 bits per heavy atom. The zero-order chi connectivity index (χ0) is 10.8. The zero-order valence-electron chi connectivity index (χ0n) is 8.56. The van der Waals surface area contributed by atoms with Gasteiger partial charge < -0.3 is 5.32 Å². The van der Waals surface area contributed by atoms with Gasteiger partial charge in [0.2, 0.25) is 0 Å². The fraction of sp³-hybridized carbons (Fsp3) is 0.500. The molecule has 4 heteroatoms. The second-order valence-corrected chi connectivity index (χ2v) is 4.69. The molecule has 0 spiro atoms. The maximum atomic E-state index is 5.87. The lowest BCUT2D eigenvalue weighted by molar-refractivity contribution is 0.421. The highest BCUT2D eigenvalue weighted by molar-refractivity contribution is 6.41. The molecule has 0 aliphatic carbocycles. The van der Waals surface area contributed by atoms with Crippen LogP contribution in [0.5, 0.6) is 0 Å². The molecule has 0 fully saturated rings. The van der Waals surface area contributed by atoms with Crippen molar-refractivity contribution in [2.75, 3.05) is 7.05 Å². The summed E-state index contributed by atoms with van der Waals surface area (Å²) in [6, 6.07) is 1.86. The third-order valence-corrected chi connectivity index (χ3v) is 2.86. The fourth-order valence-corrected chi connectivity index (χ4v) is 1.45. The minimum atomic E-state index is 0.0405. The van der Waals surface area contributed by atoms with Gasteiger partial charge >= 0.3 is 0 Å². The molecule has 0 aliphatic rings. The van der Waals surface area contributed by atoms with Crippen LogP contribution in [0.15, 0.2) is 12.3 Å². The van der Waals surface area contributed by atoms with Gasteiger partial charge in [-0.1, -0.05) is 23.2 Å². The highest BCUT2D eigenvalue weighted by Crippen LogP contribution is 2.21. The molecule has 0 radical (unpaired) electrons. The second-order valence-electron chi connectivity index (χ2n) is 3.93. The first kappa shape index (κ1) is 11.8. The lowest BCUT2D eigenvalue weighted by Crippen LogP contribution is -2.38. The van der Waals surface area contributed by atoms with Crippen molar-refractivity contribution < 1.29 is 0 Å². The third-order valence-electron chi connectivity index (χ3n) is 2.18. The van der Waals surface area contributed by atoms with Gasteiger partial charge in [0.15, 0.2) is 0 Å². The van der Waals surface area contributed by atoms with E-state index >= 15 is 0 Å². The molecule has 0 unspecified atom stereocenters. The quantitative estimate of drug-likeness (QED) is 0.812. The van der Waals surface area contributed by atoms with E-state index in [4.69, 9.17) is 23.2 Å². The first-order valence-corrected chi connectivity index (χ1v) is 5.19. The Kier molecular flexibility index (Phi) is 3.76. The summed E-state index contributed by atoms with van der Waals surface area (Å²) in [6.07, 6.45) is 2.63. The molecule has 0 aromatic carbocycles. The predicted molar refractivity (Wildman–Crippen MR) is 61.1 cm³/mol. The number of nitrogens with zero attached hydrogens (tertiary/aromatic N) is 1. The molecule has 1 heterocycles. The van der Waals surface area contributed by atoms with Crippen molar-refractivity contribution >= 4 is 23.2 Å². The standard InChI is InChI=1S/C10H14Cl2N2/c1-10(2,13-3)5-7-4-8(11)9(12)14-6-7/h4,6,13H,5H2,1-3H3. The lowest BCUT2D eigenvalue weighted by Gasteiger charge is -2.23. The summed E-state index contributed by atoms with van der Waals surface area (Å²) < 4.78 is 0. The number of nitrogens with one attached hydrogen (secondary N) is 1. The fourth-order valence-electron chi connectivity index (χ4n) is 1.16. The van der Waals surface area contributed by atoms with Crippen LogP contribution in [0.4, 0.5) is 0 Å². The highest BCUT2D eigenvalue weighted by atomic mass is 35.5. The number of halogens is 2. The van der Waals surface area contributed by atoms with E-state index < -0.39 is 0 Å². The summed E-state index contributed by atoms with van der Waals surface area (Å²) in [5.74, 6) is 0. The van der Waals surface area contributed by atoms with Crippen molar-refractivity contribution in [3.8, 4) is 0 Å². The Balaban J connectivity index is 2.83. The maximum Gasteiger partial charge on any atom is 0.147 e. The Morgan fingerprint density at radius 2 is 2.07 bits per heavy atom. The smallest absolute Gasteiger partial charge is 0.147 e. The molecule has 0 atom stereocenters. The molecular formula is C10H14Cl2N2. The molecule has 14 heavy (non-hydrogen) atoms. The van der Waals surface area contributed by atoms with E-state index in [-0.39, 0.29) is 5.54 Å². The average Bonchev–Trinajstić information content (AvgIpc) is 2.11. The Labute approximate surface area is 94.6 Å². The largest absolute Gasteiger partial charge is 0.314 e. The van der Waals surface area contributed by atoms with Crippen LogP contribution in [-0.4, -0.2) is 17.6 Å². The van der Waals surface area contributed by atoms with E-state index in [1.54, 1.807) is 6.20 Å². The molecule has 0 saturated heterocycles. The summed E-state index contributed by atoms with van der Waals surface area (Å²) >= 11 is 11.6. The molecule has 1 rings (SSSR count). The molecule has 0 aliphatic heterocycles. The van der Waals surface area contributed by atoms with Crippen LogP contribution in [0.25, 0.3) is 0 Å². The van der Waals surface area contributed by atoms with E-state index in [2.05, 4.69) is 24.1 Å². The summed E-state index contributed by atoms with van der Waals surface area (Å²) in [7, 11) is 1.94. The van der Waals surface area contributed by atoms with Crippen molar-refractivity contribution in [2.45, 2.75) is 25.8 Å².